The number of nitrogens with one attached hydrogen (secondary N) is 1. The third kappa shape index (κ3) is 2.75. The van der Waals surface area contributed by atoms with E-state index in [9.17, 15) is 9.90 Å². The highest BCUT2D eigenvalue weighted by atomic mass is 32.1. The molecule has 118 valence electrons. The number of para-hydroxylation sites is 1. The van der Waals surface area contributed by atoms with Crippen molar-refractivity contribution in [3.63, 3.8) is 0 Å². The van der Waals surface area contributed by atoms with E-state index >= 15 is 0 Å². The molecule has 0 unspecified atom stereocenters. The van der Waals surface area contributed by atoms with E-state index in [2.05, 4.69) is 10.3 Å². The number of thiazole rings is 1. The van der Waals surface area contributed by atoms with Gasteiger partial charge in [-0.25, -0.2) is 9.78 Å². The number of benzene rings is 2. The van der Waals surface area contributed by atoms with E-state index in [4.69, 9.17) is 4.42 Å². The molecule has 2 aromatic carbocycles. The summed E-state index contributed by atoms with van der Waals surface area (Å²) in [4.78, 5) is 16.6. The molecule has 0 fully saturated rings. The van der Waals surface area contributed by atoms with Crippen LogP contribution in [0.3, 0.4) is 0 Å². The van der Waals surface area contributed by atoms with Gasteiger partial charge >= 0.3 is 5.63 Å². The molecule has 6 heteroatoms. The van der Waals surface area contributed by atoms with Gasteiger partial charge in [-0.3, -0.25) is 0 Å². The molecule has 4 rings (SSSR count). The molecule has 0 radical (unpaired) electrons. The van der Waals surface area contributed by atoms with E-state index in [-0.39, 0.29) is 5.75 Å². The van der Waals surface area contributed by atoms with Crippen LogP contribution in [0.5, 0.6) is 5.75 Å². The topological polar surface area (TPSA) is 75.4 Å². The summed E-state index contributed by atoms with van der Waals surface area (Å²) in [6.45, 7) is 0. The van der Waals surface area contributed by atoms with Gasteiger partial charge in [-0.2, -0.15) is 0 Å². The van der Waals surface area contributed by atoms with Gasteiger partial charge in [0, 0.05) is 22.5 Å². The molecule has 0 aliphatic rings. The lowest BCUT2D eigenvalue weighted by Crippen LogP contribution is -2.02. The van der Waals surface area contributed by atoms with Crippen molar-refractivity contribution in [2.75, 3.05) is 5.32 Å². The molecule has 2 heterocycles. The Hall–Kier alpha value is -3.12. The highest BCUT2D eigenvalue weighted by Gasteiger charge is 2.11. The molecule has 0 saturated heterocycles. The molecule has 5 nitrogen and oxygen atoms in total. The zero-order valence-electron chi connectivity index (χ0n) is 12.4. The SMILES string of the molecule is O=c1oc2ccccc2cc1-c1csc(Nc2cccc(O)c2)n1. The molecule has 0 aliphatic carbocycles. The third-order valence-corrected chi connectivity index (χ3v) is 4.28. The van der Waals surface area contributed by atoms with Gasteiger partial charge in [-0.05, 0) is 24.3 Å². The van der Waals surface area contributed by atoms with Crippen molar-refractivity contribution in [2.24, 2.45) is 0 Å². The Morgan fingerprint density at radius 2 is 1.96 bits per heavy atom. The monoisotopic (exact) mass is 336 g/mol. The Labute approximate surface area is 140 Å². The average molecular weight is 336 g/mol. The van der Waals surface area contributed by atoms with Crippen molar-refractivity contribution in [1.82, 2.24) is 4.98 Å². The Morgan fingerprint density at radius 3 is 2.83 bits per heavy atom. The molecule has 0 bridgehead atoms. The first kappa shape index (κ1) is 14.5. The largest absolute Gasteiger partial charge is 0.508 e. The van der Waals surface area contributed by atoms with Crippen LogP contribution in [-0.4, -0.2) is 10.1 Å². The second-order valence-corrected chi connectivity index (χ2v) is 6.06. The summed E-state index contributed by atoms with van der Waals surface area (Å²) in [6.07, 6.45) is 0. The molecular formula is C18H12N2O3S. The summed E-state index contributed by atoms with van der Waals surface area (Å²) in [5, 5.41) is 15.9. The van der Waals surface area contributed by atoms with Crippen LogP contribution < -0.4 is 10.9 Å². The minimum Gasteiger partial charge on any atom is -0.508 e. The van der Waals surface area contributed by atoms with Crippen molar-refractivity contribution < 1.29 is 9.52 Å². The number of phenolic OH excluding ortho intramolecular Hbond substituents is 1. The van der Waals surface area contributed by atoms with Crippen molar-refractivity contribution in [3.8, 4) is 17.0 Å². The van der Waals surface area contributed by atoms with E-state index in [0.29, 0.717) is 22.0 Å². The summed E-state index contributed by atoms with van der Waals surface area (Å²) < 4.78 is 5.35. The number of fused-ring (bicyclic) bond motifs is 1. The fourth-order valence-corrected chi connectivity index (χ4v) is 3.13. The van der Waals surface area contributed by atoms with Gasteiger partial charge in [0.25, 0.3) is 0 Å². The number of nitrogens with zero attached hydrogens (tertiary/aromatic N) is 1. The maximum Gasteiger partial charge on any atom is 0.345 e. The molecule has 0 atom stereocenters. The summed E-state index contributed by atoms with van der Waals surface area (Å²) in [7, 11) is 0. The van der Waals surface area contributed by atoms with E-state index in [1.54, 1.807) is 35.7 Å². The Bertz CT molecular complexity index is 1080. The van der Waals surface area contributed by atoms with Crippen LogP contribution >= 0.6 is 11.3 Å². The Balaban J connectivity index is 1.70. The van der Waals surface area contributed by atoms with Crippen molar-refractivity contribution in [3.05, 3.63) is 70.4 Å². The minimum atomic E-state index is -0.414. The number of anilines is 2. The average Bonchev–Trinajstić information content (AvgIpc) is 3.02. The maximum atomic E-state index is 12.2. The van der Waals surface area contributed by atoms with Gasteiger partial charge in [0.2, 0.25) is 0 Å². The fraction of sp³-hybridized carbons (Fsp3) is 0. The van der Waals surface area contributed by atoms with Crippen molar-refractivity contribution in [2.45, 2.75) is 0 Å². The van der Waals surface area contributed by atoms with Crippen molar-refractivity contribution in [1.29, 1.82) is 0 Å². The number of hydrogen-bond acceptors (Lipinski definition) is 6. The minimum absolute atomic E-state index is 0.173. The first-order valence-corrected chi connectivity index (χ1v) is 8.12. The molecule has 2 aromatic heterocycles. The van der Waals surface area contributed by atoms with E-state index in [1.165, 1.54) is 11.3 Å². The van der Waals surface area contributed by atoms with Crippen LogP contribution in [-0.2, 0) is 0 Å². The molecular weight excluding hydrogens is 324 g/mol. The molecule has 0 spiro atoms. The maximum absolute atomic E-state index is 12.2. The third-order valence-electron chi connectivity index (χ3n) is 3.52. The zero-order chi connectivity index (χ0) is 16.5. The predicted molar refractivity (Wildman–Crippen MR) is 95.0 cm³/mol. The van der Waals surface area contributed by atoms with Crippen LogP contribution in [0.2, 0.25) is 0 Å². The lowest BCUT2D eigenvalue weighted by atomic mass is 10.1. The standard InChI is InChI=1S/C18H12N2O3S/c21-13-6-3-5-12(9-13)19-18-20-15(10-24-18)14-8-11-4-1-2-7-16(11)23-17(14)22/h1-10,21H,(H,19,20). The second kappa shape index (κ2) is 5.82. The molecule has 4 aromatic rings. The zero-order valence-corrected chi connectivity index (χ0v) is 13.2. The number of aromatic nitrogens is 1. The lowest BCUT2D eigenvalue weighted by molar-refractivity contribution is 0.475. The van der Waals surface area contributed by atoms with Crippen LogP contribution in [0.1, 0.15) is 0 Å². The van der Waals surface area contributed by atoms with Gasteiger partial charge in [-0.15, -0.1) is 11.3 Å². The van der Waals surface area contributed by atoms with E-state index < -0.39 is 5.63 Å². The van der Waals surface area contributed by atoms with Crippen LogP contribution in [0, 0.1) is 0 Å². The van der Waals surface area contributed by atoms with Crippen LogP contribution in [0.25, 0.3) is 22.2 Å². The summed E-state index contributed by atoms with van der Waals surface area (Å²) in [5.41, 5.74) is 1.85. The van der Waals surface area contributed by atoms with Gasteiger partial charge in [0.1, 0.15) is 11.3 Å². The lowest BCUT2D eigenvalue weighted by Gasteiger charge is -2.02. The molecule has 0 saturated carbocycles. The second-order valence-electron chi connectivity index (χ2n) is 5.20. The Morgan fingerprint density at radius 1 is 1.08 bits per heavy atom. The van der Waals surface area contributed by atoms with Crippen LogP contribution in [0.4, 0.5) is 10.8 Å². The Kier molecular flexibility index (Phi) is 3.51. The molecule has 2 N–H and O–H groups in total. The molecule has 0 amide bonds. The van der Waals surface area contributed by atoms with Crippen molar-refractivity contribution >= 4 is 33.1 Å². The summed E-state index contributed by atoms with van der Waals surface area (Å²) >= 11 is 1.37. The highest BCUT2D eigenvalue weighted by Crippen LogP contribution is 2.28. The first-order chi connectivity index (χ1) is 11.7. The van der Waals surface area contributed by atoms with E-state index in [0.717, 1.165) is 11.1 Å². The molecule has 24 heavy (non-hydrogen) atoms. The van der Waals surface area contributed by atoms with Gasteiger partial charge in [0.15, 0.2) is 5.13 Å². The van der Waals surface area contributed by atoms with Gasteiger partial charge < -0.3 is 14.8 Å². The number of rotatable bonds is 3. The fourth-order valence-electron chi connectivity index (χ4n) is 2.40. The molecule has 0 aliphatic heterocycles. The highest BCUT2D eigenvalue weighted by molar-refractivity contribution is 7.14. The van der Waals surface area contributed by atoms with Crippen LogP contribution in [0.15, 0.2) is 69.2 Å². The van der Waals surface area contributed by atoms with E-state index in [1.807, 2.05) is 24.3 Å². The first-order valence-electron chi connectivity index (χ1n) is 7.24. The summed E-state index contributed by atoms with van der Waals surface area (Å²) in [6, 6.07) is 15.9. The number of aromatic hydroxyl groups is 1. The summed E-state index contributed by atoms with van der Waals surface area (Å²) in [5.74, 6) is 0.173. The smallest absolute Gasteiger partial charge is 0.345 e. The predicted octanol–water partition coefficient (Wildman–Crippen LogP) is 4.37. The quantitative estimate of drug-likeness (QED) is 0.544. The van der Waals surface area contributed by atoms with Gasteiger partial charge in [0.05, 0.1) is 11.3 Å². The normalized spacial score (nSPS) is 10.8. The van der Waals surface area contributed by atoms with Gasteiger partial charge in [-0.1, -0.05) is 24.3 Å². The number of hydrogen-bond donors (Lipinski definition) is 2. The number of phenols is 1.